The fraction of sp³-hybridized carbons (Fsp3) is 0.500. The van der Waals surface area contributed by atoms with Gasteiger partial charge in [-0.25, -0.2) is 13.4 Å². The molecule has 1 aliphatic rings. The van der Waals surface area contributed by atoms with Crippen LogP contribution in [0.2, 0.25) is 0 Å². The number of halogens is 2. The molecule has 0 unspecified atom stereocenters. The van der Waals surface area contributed by atoms with Gasteiger partial charge in [-0.2, -0.15) is 8.78 Å². The first-order chi connectivity index (χ1) is 9.39. The Morgan fingerprint density at radius 1 is 1.10 bits per heavy atom. The van der Waals surface area contributed by atoms with Gasteiger partial charge in [-0.05, 0) is 31.3 Å². The number of nitrogens with one attached hydrogen (secondary N) is 1. The van der Waals surface area contributed by atoms with E-state index in [2.05, 4.69) is 10.3 Å². The van der Waals surface area contributed by atoms with E-state index in [1.165, 1.54) is 24.3 Å². The van der Waals surface area contributed by atoms with Crippen LogP contribution in [0.25, 0.3) is 0 Å². The molecule has 0 saturated carbocycles. The molecule has 5 nitrogen and oxygen atoms in total. The zero-order chi connectivity index (χ0) is 14.8. The van der Waals surface area contributed by atoms with Gasteiger partial charge < -0.3 is 10.3 Å². The maximum atomic E-state index is 12.4. The van der Waals surface area contributed by atoms with Gasteiger partial charge >= 0.3 is 5.76 Å². The second-order valence-electron chi connectivity index (χ2n) is 4.73. The lowest BCUT2D eigenvalue weighted by Crippen LogP contribution is -2.46. The number of likely N-dealkylation sites (N-methyl/N-ethyl adjacent to an activating group) is 1. The van der Waals surface area contributed by atoms with E-state index in [1.807, 2.05) is 12.1 Å². The second kappa shape index (κ2) is 6.02. The Morgan fingerprint density at radius 3 is 2.15 bits per heavy atom. The van der Waals surface area contributed by atoms with Crippen molar-refractivity contribution in [2.24, 2.45) is 0 Å². The van der Waals surface area contributed by atoms with E-state index >= 15 is 0 Å². The maximum Gasteiger partial charge on any atom is 0.341 e. The Labute approximate surface area is 117 Å². The van der Waals surface area contributed by atoms with Crippen molar-refractivity contribution in [3.8, 4) is 0 Å². The maximum absolute atomic E-state index is 12.4. The van der Waals surface area contributed by atoms with Crippen LogP contribution in [0.1, 0.15) is 0 Å². The van der Waals surface area contributed by atoms with Crippen LogP contribution in [0.5, 0.6) is 0 Å². The Bertz CT molecular complexity index is 540. The summed E-state index contributed by atoms with van der Waals surface area (Å²) in [6.07, 6.45) is 0. The summed E-state index contributed by atoms with van der Waals surface area (Å²) >= 11 is 0. The number of piperazine rings is 1. The van der Waals surface area contributed by atoms with Crippen LogP contribution in [0.4, 0.5) is 14.5 Å². The summed E-state index contributed by atoms with van der Waals surface area (Å²) in [4.78, 5) is 1.84. The Balaban J connectivity index is 2.02. The molecule has 0 bridgehead atoms. The fourth-order valence-corrected chi connectivity index (χ4v) is 2.64. The quantitative estimate of drug-likeness (QED) is 0.907. The number of hydrazine groups is 1. The first-order valence-electron chi connectivity index (χ1n) is 6.22. The number of hydrogen-bond acceptors (Lipinski definition) is 5. The predicted molar refractivity (Wildman–Crippen MR) is 72.3 cm³/mol. The molecule has 1 heterocycles. The zero-order valence-corrected chi connectivity index (χ0v) is 11.9. The highest BCUT2D eigenvalue weighted by Gasteiger charge is 2.26. The van der Waals surface area contributed by atoms with Crippen molar-refractivity contribution in [3.05, 3.63) is 24.3 Å². The number of nitrogens with zero attached hydrogens (tertiary/aromatic N) is 2. The minimum Gasteiger partial charge on any atom is -0.319 e. The molecule has 1 saturated heterocycles. The molecular weight excluding hydrogens is 288 g/mol. The SMILES string of the molecule is CN1CCN(Nc2ccc(S(=O)(=O)C(F)F)cc2)CC1. The largest absolute Gasteiger partial charge is 0.341 e. The van der Waals surface area contributed by atoms with E-state index in [0.717, 1.165) is 26.2 Å². The Hall–Kier alpha value is -1.25. The molecule has 8 heteroatoms. The van der Waals surface area contributed by atoms with Crippen molar-refractivity contribution >= 4 is 15.5 Å². The lowest BCUT2D eigenvalue weighted by atomic mass is 10.3. The number of alkyl halides is 2. The first kappa shape index (κ1) is 15.1. The number of hydrogen-bond donors (Lipinski definition) is 1. The lowest BCUT2D eigenvalue weighted by molar-refractivity contribution is 0.179. The molecule has 0 atom stereocenters. The number of rotatable bonds is 4. The van der Waals surface area contributed by atoms with Crippen molar-refractivity contribution in [1.29, 1.82) is 0 Å². The molecule has 1 aliphatic heterocycles. The van der Waals surface area contributed by atoms with Crippen LogP contribution in [0.15, 0.2) is 29.2 Å². The van der Waals surface area contributed by atoms with Crippen LogP contribution in [0.3, 0.4) is 0 Å². The summed E-state index contributed by atoms with van der Waals surface area (Å²) in [6, 6.07) is 5.38. The summed E-state index contributed by atoms with van der Waals surface area (Å²) in [5, 5.41) is 2.01. The number of sulfone groups is 1. The zero-order valence-electron chi connectivity index (χ0n) is 11.1. The average molecular weight is 305 g/mol. The highest BCUT2D eigenvalue weighted by molar-refractivity contribution is 7.91. The molecule has 1 fully saturated rings. The van der Waals surface area contributed by atoms with Gasteiger partial charge in [0.15, 0.2) is 0 Å². The summed E-state index contributed by atoms with van der Waals surface area (Å²) in [5.74, 6) is -3.39. The van der Waals surface area contributed by atoms with Crippen LogP contribution >= 0.6 is 0 Å². The summed E-state index contributed by atoms with van der Waals surface area (Å²) in [7, 11) is -2.47. The lowest BCUT2D eigenvalue weighted by Gasteiger charge is -2.33. The van der Waals surface area contributed by atoms with Crippen LogP contribution in [0, 0.1) is 0 Å². The fourth-order valence-electron chi connectivity index (χ4n) is 1.92. The molecule has 20 heavy (non-hydrogen) atoms. The van der Waals surface area contributed by atoms with E-state index in [-0.39, 0.29) is 4.90 Å². The molecule has 0 aromatic heterocycles. The molecular formula is C12H17F2N3O2S. The monoisotopic (exact) mass is 305 g/mol. The van der Waals surface area contributed by atoms with Gasteiger partial charge in [0.1, 0.15) is 0 Å². The molecule has 0 radical (unpaired) electrons. The molecule has 0 amide bonds. The Morgan fingerprint density at radius 2 is 1.65 bits per heavy atom. The Kier molecular flexibility index (Phi) is 4.56. The van der Waals surface area contributed by atoms with Gasteiger partial charge in [-0.3, -0.25) is 0 Å². The molecule has 2 rings (SSSR count). The van der Waals surface area contributed by atoms with Crippen LogP contribution in [-0.2, 0) is 9.84 Å². The van der Waals surface area contributed by atoms with Crippen molar-refractivity contribution in [1.82, 2.24) is 9.91 Å². The third-order valence-corrected chi connectivity index (χ3v) is 4.61. The molecule has 0 spiro atoms. The van der Waals surface area contributed by atoms with Crippen molar-refractivity contribution in [2.45, 2.75) is 10.7 Å². The number of anilines is 1. The smallest absolute Gasteiger partial charge is 0.319 e. The minimum absolute atomic E-state index is 0.364. The van der Waals surface area contributed by atoms with Gasteiger partial charge in [0.2, 0.25) is 9.84 Å². The number of benzene rings is 1. The van der Waals surface area contributed by atoms with Crippen LogP contribution in [-0.4, -0.2) is 57.3 Å². The predicted octanol–water partition coefficient (Wildman–Crippen LogP) is 1.26. The van der Waals surface area contributed by atoms with Gasteiger partial charge in [-0.1, -0.05) is 0 Å². The highest BCUT2D eigenvalue weighted by Crippen LogP contribution is 2.20. The van der Waals surface area contributed by atoms with Crippen molar-refractivity contribution in [3.63, 3.8) is 0 Å². The topological polar surface area (TPSA) is 52.6 Å². The third-order valence-electron chi connectivity index (χ3n) is 3.21. The summed E-state index contributed by atoms with van der Waals surface area (Å²) < 4.78 is 47.3. The van der Waals surface area contributed by atoms with E-state index in [1.54, 1.807) is 0 Å². The van der Waals surface area contributed by atoms with Gasteiger partial charge in [0, 0.05) is 31.9 Å². The normalized spacial score (nSPS) is 18.4. The molecule has 1 aromatic carbocycles. The van der Waals surface area contributed by atoms with Crippen molar-refractivity contribution in [2.75, 3.05) is 38.7 Å². The van der Waals surface area contributed by atoms with Crippen LogP contribution < -0.4 is 5.43 Å². The van der Waals surface area contributed by atoms with E-state index in [4.69, 9.17) is 0 Å². The summed E-state index contributed by atoms with van der Waals surface area (Å²) in [5.41, 5.74) is 3.82. The van der Waals surface area contributed by atoms with E-state index < -0.39 is 15.6 Å². The second-order valence-corrected chi connectivity index (χ2v) is 6.65. The van der Waals surface area contributed by atoms with Gasteiger partial charge in [0.05, 0.1) is 4.90 Å². The molecule has 112 valence electrons. The van der Waals surface area contributed by atoms with Gasteiger partial charge in [-0.15, -0.1) is 0 Å². The van der Waals surface area contributed by atoms with Crippen molar-refractivity contribution < 1.29 is 17.2 Å². The van der Waals surface area contributed by atoms with Gasteiger partial charge in [0.25, 0.3) is 0 Å². The standard InChI is InChI=1S/C12H17F2N3O2S/c1-16-6-8-17(9-7-16)15-10-2-4-11(5-3-10)20(18,19)12(13)14/h2-5,12,15H,6-9H2,1H3. The van der Waals surface area contributed by atoms with E-state index in [9.17, 15) is 17.2 Å². The first-order valence-corrected chi connectivity index (χ1v) is 7.76. The molecule has 0 aliphatic carbocycles. The van der Waals surface area contributed by atoms with E-state index in [0.29, 0.717) is 5.69 Å². The summed E-state index contributed by atoms with van der Waals surface area (Å²) in [6.45, 7) is 3.55. The highest BCUT2D eigenvalue weighted by atomic mass is 32.2. The average Bonchev–Trinajstić information content (AvgIpc) is 2.42. The third kappa shape index (κ3) is 3.44. The molecule has 1 aromatic rings. The minimum atomic E-state index is -4.52. The molecule has 1 N–H and O–H groups in total.